The molecular formula is C13H15FN4. The molecule has 0 aliphatic rings. The summed E-state index contributed by atoms with van der Waals surface area (Å²) >= 11 is 0. The Morgan fingerprint density at radius 3 is 2.50 bits per heavy atom. The lowest BCUT2D eigenvalue weighted by molar-refractivity contribution is 0.627. The number of rotatable bonds is 3. The third-order valence-corrected chi connectivity index (χ3v) is 2.39. The van der Waals surface area contributed by atoms with Crippen molar-refractivity contribution in [1.82, 2.24) is 9.97 Å². The molecule has 0 aliphatic heterocycles. The van der Waals surface area contributed by atoms with E-state index in [9.17, 15) is 4.39 Å². The number of anilines is 3. The summed E-state index contributed by atoms with van der Waals surface area (Å²) in [7, 11) is 1.75. The molecule has 0 atom stereocenters. The highest BCUT2D eigenvalue weighted by Gasteiger charge is 2.03. The van der Waals surface area contributed by atoms with Crippen molar-refractivity contribution in [3.8, 4) is 0 Å². The molecule has 2 rings (SSSR count). The van der Waals surface area contributed by atoms with Gasteiger partial charge in [0.1, 0.15) is 11.6 Å². The van der Waals surface area contributed by atoms with Crippen molar-refractivity contribution in [2.75, 3.05) is 17.7 Å². The maximum Gasteiger partial charge on any atom is 0.224 e. The average molecular weight is 246 g/mol. The Balaban J connectivity index is 2.30. The number of hydrogen-bond donors (Lipinski definition) is 2. The van der Waals surface area contributed by atoms with Crippen LogP contribution in [0.2, 0.25) is 0 Å². The average Bonchev–Trinajstić information content (AvgIpc) is 2.26. The van der Waals surface area contributed by atoms with Crippen molar-refractivity contribution in [3.63, 3.8) is 0 Å². The van der Waals surface area contributed by atoms with Gasteiger partial charge in [0.05, 0.1) is 0 Å². The highest BCUT2D eigenvalue weighted by atomic mass is 19.1. The van der Waals surface area contributed by atoms with Crippen molar-refractivity contribution in [2.24, 2.45) is 0 Å². The van der Waals surface area contributed by atoms with Gasteiger partial charge >= 0.3 is 0 Å². The molecule has 1 heterocycles. The Hall–Kier alpha value is -2.17. The van der Waals surface area contributed by atoms with Crippen LogP contribution in [0.15, 0.2) is 24.3 Å². The fraction of sp³-hybridized carbons (Fsp3) is 0.231. The molecule has 0 spiro atoms. The molecule has 4 nitrogen and oxygen atoms in total. The maximum absolute atomic E-state index is 13.3. The van der Waals surface area contributed by atoms with Gasteiger partial charge in [0.25, 0.3) is 0 Å². The monoisotopic (exact) mass is 246 g/mol. The van der Waals surface area contributed by atoms with Gasteiger partial charge in [-0.3, -0.25) is 0 Å². The number of halogens is 1. The molecule has 1 aromatic heterocycles. The normalized spacial score (nSPS) is 10.2. The number of benzene rings is 1. The molecule has 0 bridgehead atoms. The molecule has 0 unspecified atom stereocenters. The van der Waals surface area contributed by atoms with Gasteiger partial charge in [0, 0.05) is 24.5 Å². The van der Waals surface area contributed by atoms with Crippen LogP contribution in [-0.2, 0) is 0 Å². The second-order valence-electron chi connectivity index (χ2n) is 4.11. The van der Waals surface area contributed by atoms with Crippen LogP contribution in [-0.4, -0.2) is 17.0 Å². The van der Waals surface area contributed by atoms with Gasteiger partial charge < -0.3 is 10.6 Å². The predicted molar refractivity (Wildman–Crippen MR) is 70.7 cm³/mol. The molecule has 5 heteroatoms. The highest BCUT2D eigenvalue weighted by Crippen LogP contribution is 2.19. The largest absolute Gasteiger partial charge is 0.357 e. The van der Waals surface area contributed by atoms with Gasteiger partial charge in [-0.1, -0.05) is 0 Å². The number of aryl methyl sites for hydroxylation is 2. The first kappa shape index (κ1) is 12.3. The molecule has 1 aromatic carbocycles. The minimum absolute atomic E-state index is 0.267. The van der Waals surface area contributed by atoms with Crippen LogP contribution < -0.4 is 10.6 Å². The first-order valence-electron chi connectivity index (χ1n) is 5.64. The fourth-order valence-corrected chi connectivity index (χ4v) is 1.70. The minimum Gasteiger partial charge on any atom is -0.357 e. The van der Waals surface area contributed by atoms with Crippen molar-refractivity contribution in [2.45, 2.75) is 13.8 Å². The summed E-state index contributed by atoms with van der Waals surface area (Å²) in [5.41, 5.74) is 2.37. The summed E-state index contributed by atoms with van der Waals surface area (Å²) in [6.45, 7) is 3.73. The molecule has 0 saturated heterocycles. The van der Waals surface area contributed by atoms with Gasteiger partial charge in [-0.2, -0.15) is 4.98 Å². The van der Waals surface area contributed by atoms with Crippen molar-refractivity contribution >= 4 is 17.5 Å². The summed E-state index contributed by atoms with van der Waals surface area (Å²) in [4.78, 5) is 8.44. The van der Waals surface area contributed by atoms with E-state index in [1.54, 1.807) is 13.1 Å². The van der Waals surface area contributed by atoms with E-state index in [4.69, 9.17) is 0 Å². The molecule has 2 aromatic rings. The minimum atomic E-state index is -0.267. The zero-order valence-electron chi connectivity index (χ0n) is 10.6. The quantitative estimate of drug-likeness (QED) is 0.874. The van der Waals surface area contributed by atoms with Crippen molar-refractivity contribution in [3.05, 3.63) is 41.3 Å². The Morgan fingerprint density at radius 1 is 1.06 bits per heavy atom. The van der Waals surface area contributed by atoms with Crippen LogP contribution in [0.3, 0.4) is 0 Å². The van der Waals surface area contributed by atoms with Gasteiger partial charge in [-0.05, 0) is 37.6 Å². The highest BCUT2D eigenvalue weighted by molar-refractivity contribution is 5.58. The maximum atomic E-state index is 13.3. The van der Waals surface area contributed by atoms with Crippen molar-refractivity contribution in [1.29, 1.82) is 0 Å². The van der Waals surface area contributed by atoms with Crippen molar-refractivity contribution < 1.29 is 4.39 Å². The standard InChI is InChI=1S/C13H15FN4/c1-8-4-10(14)7-11(5-8)17-12-6-9(2)16-13(15-3)18-12/h4-7H,1-3H3,(H2,15,16,17,18). The van der Waals surface area contributed by atoms with E-state index in [0.717, 1.165) is 11.3 Å². The second-order valence-corrected chi connectivity index (χ2v) is 4.11. The predicted octanol–water partition coefficient (Wildman–Crippen LogP) is 3.02. The topological polar surface area (TPSA) is 49.8 Å². The fourth-order valence-electron chi connectivity index (χ4n) is 1.70. The number of hydrogen-bond acceptors (Lipinski definition) is 4. The van der Waals surface area contributed by atoms with E-state index in [1.807, 2.05) is 19.9 Å². The molecule has 0 fully saturated rings. The third kappa shape index (κ3) is 2.94. The van der Waals surface area contributed by atoms with E-state index in [0.29, 0.717) is 17.5 Å². The second kappa shape index (κ2) is 5.00. The Morgan fingerprint density at radius 2 is 1.83 bits per heavy atom. The summed E-state index contributed by atoms with van der Waals surface area (Å²) in [6, 6.07) is 6.58. The van der Waals surface area contributed by atoms with Crippen LogP contribution >= 0.6 is 0 Å². The molecule has 0 saturated carbocycles. The lowest BCUT2D eigenvalue weighted by Gasteiger charge is -2.09. The summed E-state index contributed by atoms with van der Waals surface area (Å²) in [5.74, 6) is 0.902. The van der Waals surface area contributed by atoms with E-state index >= 15 is 0 Å². The van der Waals surface area contributed by atoms with Crippen LogP contribution in [0.1, 0.15) is 11.3 Å². The third-order valence-electron chi connectivity index (χ3n) is 2.39. The smallest absolute Gasteiger partial charge is 0.224 e. The first-order chi connectivity index (χ1) is 8.56. The van der Waals surface area contributed by atoms with Crippen LogP contribution in [0.5, 0.6) is 0 Å². The van der Waals surface area contributed by atoms with Gasteiger partial charge in [-0.25, -0.2) is 9.37 Å². The first-order valence-corrected chi connectivity index (χ1v) is 5.64. The lowest BCUT2D eigenvalue weighted by atomic mass is 10.2. The summed E-state index contributed by atoms with van der Waals surface area (Å²) < 4.78 is 13.3. The summed E-state index contributed by atoms with van der Waals surface area (Å²) in [5, 5.41) is 5.95. The van der Waals surface area contributed by atoms with E-state index in [2.05, 4.69) is 20.6 Å². The number of nitrogens with zero attached hydrogens (tertiary/aromatic N) is 2. The molecule has 18 heavy (non-hydrogen) atoms. The Kier molecular flexibility index (Phi) is 3.41. The summed E-state index contributed by atoms with van der Waals surface area (Å²) in [6.07, 6.45) is 0. The van der Waals surface area contributed by atoms with Gasteiger partial charge in [0.2, 0.25) is 5.95 Å². The van der Waals surface area contributed by atoms with Gasteiger partial charge in [0.15, 0.2) is 0 Å². The van der Waals surface area contributed by atoms with Crippen LogP contribution in [0, 0.1) is 19.7 Å². The Bertz CT molecular complexity index is 549. The molecule has 0 aliphatic carbocycles. The Labute approximate surface area is 105 Å². The van der Waals surface area contributed by atoms with E-state index in [1.165, 1.54) is 12.1 Å². The SMILES string of the molecule is CNc1nc(C)cc(Nc2cc(C)cc(F)c2)n1. The van der Waals surface area contributed by atoms with E-state index in [-0.39, 0.29) is 5.82 Å². The molecule has 0 radical (unpaired) electrons. The van der Waals surface area contributed by atoms with Crippen LogP contribution in [0.25, 0.3) is 0 Å². The van der Waals surface area contributed by atoms with E-state index < -0.39 is 0 Å². The van der Waals surface area contributed by atoms with Gasteiger partial charge in [-0.15, -0.1) is 0 Å². The molecular weight excluding hydrogens is 231 g/mol. The lowest BCUT2D eigenvalue weighted by Crippen LogP contribution is -2.02. The number of nitrogens with one attached hydrogen (secondary N) is 2. The van der Waals surface area contributed by atoms with Crippen LogP contribution in [0.4, 0.5) is 21.8 Å². The molecule has 94 valence electrons. The molecule has 2 N–H and O–H groups in total. The molecule has 0 amide bonds. The zero-order valence-corrected chi connectivity index (χ0v) is 10.6. The zero-order chi connectivity index (χ0) is 13.1. The number of aromatic nitrogens is 2.